The Morgan fingerprint density at radius 1 is 0.921 bits per heavy atom. The van der Waals surface area contributed by atoms with E-state index in [-0.39, 0.29) is 30.8 Å². The van der Waals surface area contributed by atoms with Crippen LogP contribution < -0.4 is 0 Å². The van der Waals surface area contributed by atoms with Crippen molar-refractivity contribution in [2.24, 2.45) is 5.92 Å². The maximum absolute atomic E-state index is 11.8. The second kappa shape index (κ2) is 17.6. The number of benzene rings is 2. The van der Waals surface area contributed by atoms with Gasteiger partial charge in [-0.25, -0.2) is 0 Å². The van der Waals surface area contributed by atoms with Crippen LogP contribution in [0.1, 0.15) is 30.4 Å². The number of hydrogen-bond donors (Lipinski definition) is 0. The molecule has 0 spiro atoms. The maximum Gasteiger partial charge on any atom is 0.319 e. The van der Waals surface area contributed by atoms with Crippen molar-refractivity contribution >= 4 is 35.7 Å². The standard InChI is InChI=1S/C15H16O4.C15H18O4/c1-18-15(17)14-12(16)9-10-19-13(14)8-7-11-5-3-2-4-6-11;1-18-15(17)12-14(16)9-11-19-10-5-8-13-6-3-2-4-7-13/h2-8,13-14H,9-10H2,1H3;2-8H,9-12H2,1H3/b8-7+;8-5+/t13-,14+;/m1./s1. The highest BCUT2D eigenvalue weighted by Gasteiger charge is 2.37. The molecule has 3 rings (SSSR count). The molecule has 0 radical (unpaired) electrons. The van der Waals surface area contributed by atoms with Gasteiger partial charge in [0, 0.05) is 12.8 Å². The van der Waals surface area contributed by atoms with Gasteiger partial charge in [0.15, 0.2) is 5.78 Å². The summed E-state index contributed by atoms with van der Waals surface area (Å²) in [6, 6.07) is 19.5. The first-order chi connectivity index (χ1) is 18.4. The van der Waals surface area contributed by atoms with E-state index in [4.69, 9.17) is 9.47 Å². The van der Waals surface area contributed by atoms with Gasteiger partial charge < -0.3 is 18.9 Å². The molecule has 0 N–H and O–H groups in total. The fourth-order valence-electron chi connectivity index (χ4n) is 3.47. The summed E-state index contributed by atoms with van der Waals surface area (Å²) in [7, 11) is 2.54. The van der Waals surface area contributed by atoms with Crippen molar-refractivity contribution in [3.05, 3.63) is 83.9 Å². The van der Waals surface area contributed by atoms with Crippen molar-refractivity contribution in [1.82, 2.24) is 0 Å². The fourth-order valence-corrected chi connectivity index (χ4v) is 3.47. The van der Waals surface area contributed by atoms with E-state index in [1.54, 1.807) is 6.08 Å². The van der Waals surface area contributed by atoms with Gasteiger partial charge in [-0.1, -0.05) is 85.0 Å². The quantitative estimate of drug-likeness (QED) is 0.247. The zero-order valence-electron chi connectivity index (χ0n) is 21.7. The molecule has 38 heavy (non-hydrogen) atoms. The summed E-state index contributed by atoms with van der Waals surface area (Å²) in [5, 5.41) is 0. The molecule has 2 aromatic carbocycles. The monoisotopic (exact) mass is 522 g/mol. The first-order valence-corrected chi connectivity index (χ1v) is 12.3. The molecule has 1 fully saturated rings. The summed E-state index contributed by atoms with van der Waals surface area (Å²) < 4.78 is 19.9. The fraction of sp³-hybridized carbons (Fsp3) is 0.333. The van der Waals surface area contributed by atoms with Crippen LogP contribution in [0.4, 0.5) is 0 Å². The molecule has 1 saturated heterocycles. The van der Waals surface area contributed by atoms with Crippen LogP contribution in [0.2, 0.25) is 0 Å². The number of esters is 2. The zero-order valence-corrected chi connectivity index (χ0v) is 21.7. The van der Waals surface area contributed by atoms with E-state index in [2.05, 4.69) is 9.47 Å². The lowest BCUT2D eigenvalue weighted by Gasteiger charge is -2.26. The van der Waals surface area contributed by atoms with E-state index in [1.807, 2.05) is 78.9 Å². The summed E-state index contributed by atoms with van der Waals surface area (Å²) in [6.45, 7) is 1.10. The Labute approximate surface area is 223 Å². The van der Waals surface area contributed by atoms with Crippen LogP contribution in [0.5, 0.6) is 0 Å². The molecule has 0 unspecified atom stereocenters. The van der Waals surface area contributed by atoms with Crippen LogP contribution in [-0.2, 0) is 38.1 Å². The highest BCUT2D eigenvalue weighted by molar-refractivity contribution is 6.00. The SMILES string of the molecule is COC(=O)CC(=O)CCOC/C=C/c1ccccc1.COC(=O)[C@H]1C(=O)CCO[C@@H]1/C=C/c1ccccc1. The van der Waals surface area contributed by atoms with Gasteiger partial charge in [0.05, 0.1) is 40.1 Å². The van der Waals surface area contributed by atoms with E-state index in [1.165, 1.54) is 14.2 Å². The summed E-state index contributed by atoms with van der Waals surface area (Å²) in [5.74, 6) is -2.18. The van der Waals surface area contributed by atoms with E-state index in [9.17, 15) is 19.2 Å². The predicted molar refractivity (Wildman–Crippen MR) is 143 cm³/mol. The zero-order chi connectivity index (χ0) is 27.6. The Hall–Kier alpha value is -3.88. The topological polar surface area (TPSA) is 105 Å². The number of carbonyl (C=O) groups is 4. The Kier molecular flexibility index (Phi) is 14.0. The molecule has 0 aliphatic carbocycles. The van der Waals surface area contributed by atoms with Crippen LogP contribution in [0.25, 0.3) is 12.2 Å². The third-order valence-corrected chi connectivity index (χ3v) is 5.49. The van der Waals surface area contributed by atoms with Crippen LogP contribution in [-0.4, -0.2) is 63.6 Å². The van der Waals surface area contributed by atoms with Crippen LogP contribution in [0.3, 0.4) is 0 Å². The highest BCUT2D eigenvalue weighted by Crippen LogP contribution is 2.21. The van der Waals surface area contributed by atoms with Gasteiger partial charge in [-0.2, -0.15) is 0 Å². The Morgan fingerprint density at radius 3 is 2.16 bits per heavy atom. The van der Waals surface area contributed by atoms with Gasteiger partial charge in [0.1, 0.15) is 18.1 Å². The molecule has 0 amide bonds. The second-order valence-electron chi connectivity index (χ2n) is 8.25. The Bertz CT molecular complexity index is 1070. The molecule has 2 atom stereocenters. The average molecular weight is 523 g/mol. The molecule has 8 nitrogen and oxygen atoms in total. The lowest BCUT2D eigenvalue weighted by atomic mass is 9.92. The van der Waals surface area contributed by atoms with Crippen molar-refractivity contribution in [1.29, 1.82) is 0 Å². The number of carbonyl (C=O) groups excluding carboxylic acids is 4. The summed E-state index contributed by atoms with van der Waals surface area (Å²) >= 11 is 0. The van der Waals surface area contributed by atoms with Gasteiger partial charge in [0.2, 0.25) is 0 Å². The summed E-state index contributed by atoms with van der Waals surface area (Å²) in [6.07, 6.45) is 7.20. The minimum absolute atomic E-state index is 0.124. The third-order valence-electron chi connectivity index (χ3n) is 5.49. The Morgan fingerprint density at radius 2 is 1.55 bits per heavy atom. The van der Waals surface area contributed by atoms with Gasteiger partial charge in [-0.05, 0) is 11.1 Å². The average Bonchev–Trinajstić information content (AvgIpc) is 2.94. The van der Waals surface area contributed by atoms with Crippen molar-refractivity contribution in [2.75, 3.05) is 34.0 Å². The molecule has 1 aliphatic rings. The van der Waals surface area contributed by atoms with Crippen molar-refractivity contribution in [3.8, 4) is 0 Å². The first kappa shape index (κ1) is 30.3. The first-order valence-electron chi connectivity index (χ1n) is 12.3. The lowest BCUT2D eigenvalue weighted by Crippen LogP contribution is -2.41. The molecule has 1 heterocycles. The van der Waals surface area contributed by atoms with E-state index >= 15 is 0 Å². The number of ether oxygens (including phenoxy) is 4. The predicted octanol–water partition coefficient (Wildman–Crippen LogP) is 4.09. The minimum Gasteiger partial charge on any atom is -0.469 e. The number of Topliss-reactive ketones (excluding diaryl/α,β-unsaturated/α-hetero) is 2. The number of methoxy groups -OCH3 is 2. The highest BCUT2D eigenvalue weighted by atomic mass is 16.5. The van der Waals surface area contributed by atoms with E-state index in [0.29, 0.717) is 19.8 Å². The molecule has 2 aromatic rings. The molecular formula is C30H34O8. The largest absolute Gasteiger partial charge is 0.469 e. The maximum atomic E-state index is 11.8. The minimum atomic E-state index is -0.848. The van der Waals surface area contributed by atoms with Gasteiger partial charge in [-0.3, -0.25) is 19.2 Å². The Balaban J connectivity index is 0.000000267. The van der Waals surface area contributed by atoms with Crippen molar-refractivity contribution < 1.29 is 38.1 Å². The van der Waals surface area contributed by atoms with E-state index < -0.39 is 24.0 Å². The van der Waals surface area contributed by atoms with Crippen LogP contribution >= 0.6 is 0 Å². The molecular weight excluding hydrogens is 488 g/mol. The molecule has 0 aromatic heterocycles. The molecule has 202 valence electrons. The molecule has 1 aliphatic heterocycles. The molecule has 0 saturated carbocycles. The van der Waals surface area contributed by atoms with Gasteiger partial charge >= 0.3 is 11.9 Å². The van der Waals surface area contributed by atoms with Crippen molar-refractivity contribution in [3.63, 3.8) is 0 Å². The summed E-state index contributed by atoms with van der Waals surface area (Å²) in [4.78, 5) is 45.5. The van der Waals surface area contributed by atoms with Crippen LogP contribution in [0, 0.1) is 5.92 Å². The normalized spacial score (nSPS) is 17.1. The van der Waals surface area contributed by atoms with Gasteiger partial charge in [-0.15, -0.1) is 0 Å². The molecule has 0 bridgehead atoms. The second-order valence-corrected chi connectivity index (χ2v) is 8.25. The van der Waals surface area contributed by atoms with Crippen molar-refractivity contribution in [2.45, 2.75) is 25.4 Å². The van der Waals surface area contributed by atoms with E-state index in [0.717, 1.165) is 11.1 Å². The van der Waals surface area contributed by atoms with Crippen LogP contribution in [0.15, 0.2) is 72.8 Å². The molecule has 8 heteroatoms. The number of hydrogen-bond acceptors (Lipinski definition) is 8. The third kappa shape index (κ3) is 11.5. The summed E-state index contributed by atoms with van der Waals surface area (Å²) in [5.41, 5.74) is 2.10. The lowest BCUT2D eigenvalue weighted by molar-refractivity contribution is -0.158. The smallest absolute Gasteiger partial charge is 0.319 e. The van der Waals surface area contributed by atoms with Gasteiger partial charge in [0.25, 0.3) is 0 Å². The number of ketones is 2. The number of rotatable bonds is 11.